The summed E-state index contributed by atoms with van der Waals surface area (Å²) in [5.41, 5.74) is 1.90. The van der Waals surface area contributed by atoms with Crippen molar-refractivity contribution in [2.45, 2.75) is 38.8 Å². The number of rotatable bonds is 3. The van der Waals surface area contributed by atoms with Crippen LogP contribution in [0.3, 0.4) is 0 Å². The Balaban J connectivity index is 1.88. The van der Waals surface area contributed by atoms with E-state index in [1.165, 1.54) is 19.2 Å². The van der Waals surface area contributed by atoms with Crippen LogP contribution in [0.2, 0.25) is 0 Å². The molecule has 4 nitrogen and oxygen atoms in total. The number of methoxy groups -OCH3 is 1. The van der Waals surface area contributed by atoms with E-state index >= 15 is 0 Å². The van der Waals surface area contributed by atoms with E-state index in [0.29, 0.717) is 6.42 Å². The molecule has 1 N–H and O–H groups in total. The minimum absolute atomic E-state index is 0.115. The van der Waals surface area contributed by atoms with E-state index in [-0.39, 0.29) is 23.3 Å². The van der Waals surface area contributed by atoms with Gasteiger partial charge >= 0.3 is 0 Å². The predicted molar refractivity (Wildman–Crippen MR) is 93.7 cm³/mol. The Morgan fingerprint density at radius 3 is 2.72 bits per heavy atom. The van der Waals surface area contributed by atoms with Crippen LogP contribution >= 0.6 is 0 Å². The van der Waals surface area contributed by atoms with Crippen LogP contribution in [-0.2, 0) is 0 Å². The average molecular weight is 343 g/mol. The molecule has 0 saturated heterocycles. The van der Waals surface area contributed by atoms with Crippen LogP contribution in [-0.4, -0.2) is 18.6 Å². The Hall–Kier alpha value is -2.56. The van der Waals surface area contributed by atoms with Crippen LogP contribution in [0, 0.1) is 12.7 Å². The predicted octanol–water partition coefficient (Wildman–Crippen LogP) is 4.17. The number of nitrogens with one attached hydrogen (secondary N) is 1. The molecule has 0 unspecified atom stereocenters. The van der Waals surface area contributed by atoms with Crippen molar-refractivity contribution in [1.82, 2.24) is 5.32 Å². The van der Waals surface area contributed by atoms with E-state index in [1.807, 2.05) is 39.0 Å². The molecule has 132 valence electrons. The number of carbonyl (C=O) groups excluding carboxylic acids is 1. The number of hydrogen-bond acceptors (Lipinski definition) is 3. The summed E-state index contributed by atoms with van der Waals surface area (Å²) in [5, 5.41) is 3.01. The lowest BCUT2D eigenvalue weighted by atomic mass is 9.88. The number of hydrogen-bond donors (Lipinski definition) is 1. The highest BCUT2D eigenvalue weighted by atomic mass is 19.1. The second kappa shape index (κ2) is 6.39. The Labute approximate surface area is 147 Å². The highest BCUT2D eigenvalue weighted by Crippen LogP contribution is 2.40. The Kier molecular flexibility index (Phi) is 4.41. The summed E-state index contributed by atoms with van der Waals surface area (Å²) in [6.07, 6.45) is 0.633. The number of aryl methyl sites for hydroxylation is 1. The first-order chi connectivity index (χ1) is 11.8. The quantitative estimate of drug-likeness (QED) is 0.910. The van der Waals surface area contributed by atoms with Gasteiger partial charge in [-0.3, -0.25) is 4.79 Å². The summed E-state index contributed by atoms with van der Waals surface area (Å²) in [6.45, 7) is 5.97. The summed E-state index contributed by atoms with van der Waals surface area (Å²) in [6, 6.07) is 9.93. The van der Waals surface area contributed by atoms with E-state index in [4.69, 9.17) is 9.47 Å². The number of amides is 1. The zero-order valence-electron chi connectivity index (χ0n) is 14.9. The van der Waals surface area contributed by atoms with Gasteiger partial charge in [0.15, 0.2) is 11.6 Å². The third-order valence-corrected chi connectivity index (χ3v) is 4.34. The molecule has 1 atom stereocenters. The van der Waals surface area contributed by atoms with E-state index in [2.05, 4.69) is 5.32 Å². The fourth-order valence-electron chi connectivity index (χ4n) is 3.15. The third-order valence-electron chi connectivity index (χ3n) is 4.34. The Bertz CT molecular complexity index is 817. The first-order valence-electron chi connectivity index (χ1n) is 8.23. The van der Waals surface area contributed by atoms with Gasteiger partial charge in [0.1, 0.15) is 11.4 Å². The molecule has 0 saturated carbocycles. The van der Waals surface area contributed by atoms with Crippen molar-refractivity contribution in [3.05, 3.63) is 58.9 Å². The normalized spacial score (nSPS) is 18.0. The smallest absolute Gasteiger partial charge is 0.251 e. The molecule has 0 aromatic heterocycles. The van der Waals surface area contributed by atoms with Crippen LogP contribution in [0.15, 0.2) is 36.4 Å². The van der Waals surface area contributed by atoms with Gasteiger partial charge in [-0.2, -0.15) is 0 Å². The van der Waals surface area contributed by atoms with Crippen LogP contribution in [0.5, 0.6) is 11.5 Å². The highest BCUT2D eigenvalue weighted by molar-refractivity contribution is 5.94. The maximum Gasteiger partial charge on any atom is 0.251 e. The molecule has 1 heterocycles. The van der Waals surface area contributed by atoms with Gasteiger partial charge in [0.2, 0.25) is 0 Å². The SMILES string of the molecule is COc1ccc(C(=O)N[C@H]2CC(C)(C)Oc3ccc(C)cc32)cc1F. The first-order valence-corrected chi connectivity index (χ1v) is 8.23. The molecular formula is C20H22FNO3. The van der Waals surface area contributed by atoms with Crippen LogP contribution < -0.4 is 14.8 Å². The maximum atomic E-state index is 13.9. The molecule has 0 radical (unpaired) electrons. The van der Waals surface area contributed by atoms with E-state index in [9.17, 15) is 9.18 Å². The zero-order valence-corrected chi connectivity index (χ0v) is 14.9. The van der Waals surface area contributed by atoms with Gasteiger partial charge in [0, 0.05) is 17.5 Å². The lowest BCUT2D eigenvalue weighted by Crippen LogP contribution is -2.41. The summed E-state index contributed by atoms with van der Waals surface area (Å²) >= 11 is 0. The van der Waals surface area contributed by atoms with Gasteiger partial charge in [0.05, 0.1) is 13.2 Å². The molecule has 0 bridgehead atoms. The van der Waals surface area contributed by atoms with Crippen LogP contribution in [0.1, 0.15) is 47.8 Å². The molecule has 2 aromatic rings. The number of carbonyl (C=O) groups is 1. The summed E-state index contributed by atoms with van der Waals surface area (Å²) in [7, 11) is 1.39. The van der Waals surface area contributed by atoms with Crippen molar-refractivity contribution in [3.63, 3.8) is 0 Å². The molecule has 1 aliphatic heterocycles. The summed E-state index contributed by atoms with van der Waals surface area (Å²) in [5.74, 6) is 0.00759. The van der Waals surface area contributed by atoms with Crippen molar-refractivity contribution in [2.24, 2.45) is 0 Å². The molecule has 3 rings (SSSR count). The Morgan fingerprint density at radius 2 is 2.04 bits per heavy atom. The monoisotopic (exact) mass is 343 g/mol. The van der Waals surface area contributed by atoms with Gasteiger partial charge in [-0.25, -0.2) is 4.39 Å². The van der Waals surface area contributed by atoms with E-state index in [0.717, 1.165) is 16.9 Å². The highest BCUT2D eigenvalue weighted by Gasteiger charge is 2.34. The standard InChI is InChI=1S/C20H22FNO3/c1-12-5-7-17-14(9-12)16(11-20(2,3)25-17)22-19(23)13-6-8-18(24-4)15(21)10-13/h5-10,16H,11H2,1-4H3,(H,22,23)/t16-/m0/s1. The number of ether oxygens (including phenoxy) is 2. The maximum absolute atomic E-state index is 13.9. The molecule has 1 amide bonds. The van der Waals surface area contributed by atoms with Crippen molar-refractivity contribution in [3.8, 4) is 11.5 Å². The largest absolute Gasteiger partial charge is 0.494 e. The lowest BCUT2D eigenvalue weighted by molar-refractivity contribution is 0.0619. The summed E-state index contributed by atoms with van der Waals surface area (Å²) in [4.78, 5) is 12.6. The van der Waals surface area contributed by atoms with Crippen LogP contribution in [0.4, 0.5) is 4.39 Å². The summed E-state index contributed by atoms with van der Waals surface area (Å²) < 4.78 is 24.8. The van der Waals surface area contributed by atoms with Crippen molar-refractivity contribution >= 4 is 5.91 Å². The molecule has 0 spiro atoms. The molecule has 5 heteroatoms. The number of benzene rings is 2. The van der Waals surface area contributed by atoms with Crippen molar-refractivity contribution < 1.29 is 18.7 Å². The van der Waals surface area contributed by atoms with Gasteiger partial charge in [-0.15, -0.1) is 0 Å². The first kappa shape index (κ1) is 17.3. The van der Waals surface area contributed by atoms with Gasteiger partial charge in [0.25, 0.3) is 5.91 Å². The van der Waals surface area contributed by atoms with Gasteiger partial charge in [-0.05, 0) is 45.0 Å². The second-order valence-corrected chi connectivity index (χ2v) is 6.98. The lowest BCUT2D eigenvalue weighted by Gasteiger charge is -2.38. The molecule has 2 aromatic carbocycles. The minimum atomic E-state index is -0.557. The minimum Gasteiger partial charge on any atom is -0.494 e. The molecule has 0 aliphatic carbocycles. The topological polar surface area (TPSA) is 47.6 Å². The third kappa shape index (κ3) is 3.60. The van der Waals surface area contributed by atoms with Crippen molar-refractivity contribution in [1.29, 1.82) is 0 Å². The molecule has 1 aliphatic rings. The Morgan fingerprint density at radius 1 is 1.28 bits per heavy atom. The fraction of sp³-hybridized carbons (Fsp3) is 0.350. The molecule has 25 heavy (non-hydrogen) atoms. The van der Waals surface area contributed by atoms with E-state index < -0.39 is 11.4 Å². The second-order valence-electron chi connectivity index (χ2n) is 6.98. The van der Waals surface area contributed by atoms with Crippen molar-refractivity contribution in [2.75, 3.05) is 7.11 Å². The zero-order chi connectivity index (χ0) is 18.2. The fourth-order valence-corrected chi connectivity index (χ4v) is 3.15. The molecule has 0 fully saturated rings. The average Bonchev–Trinajstić information content (AvgIpc) is 2.54. The number of fused-ring (bicyclic) bond motifs is 1. The van der Waals surface area contributed by atoms with Gasteiger partial charge in [-0.1, -0.05) is 17.7 Å². The number of halogens is 1. The molecular weight excluding hydrogens is 321 g/mol. The van der Waals surface area contributed by atoms with Gasteiger partial charge < -0.3 is 14.8 Å². The van der Waals surface area contributed by atoms with E-state index in [1.54, 1.807) is 6.07 Å². The van der Waals surface area contributed by atoms with Crippen LogP contribution in [0.25, 0.3) is 0 Å².